The lowest BCUT2D eigenvalue weighted by molar-refractivity contribution is 0.212. The van der Waals surface area contributed by atoms with Crippen LogP contribution in [0.25, 0.3) is 0 Å². The number of carbonyl (C=O) groups excluding carboxylic acids is 1. The molecule has 7 heteroatoms. The van der Waals surface area contributed by atoms with Gasteiger partial charge in [-0.15, -0.1) is 0 Å². The van der Waals surface area contributed by atoms with Crippen LogP contribution >= 0.6 is 0 Å². The minimum atomic E-state index is -4.11. The monoisotopic (exact) mass is 232 g/mol. The average molecular weight is 232 g/mol. The summed E-state index contributed by atoms with van der Waals surface area (Å²) in [5.74, 6) is 0. The molecule has 0 saturated carbocycles. The molecule has 0 spiro atoms. The van der Waals surface area contributed by atoms with Crippen molar-refractivity contribution in [1.29, 1.82) is 0 Å². The molecule has 6 nitrogen and oxygen atoms in total. The molecule has 0 aliphatic heterocycles. The molecular formula is C8H12N2O4S. The molecule has 1 aromatic rings. The van der Waals surface area contributed by atoms with Gasteiger partial charge in [0.25, 0.3) is 0 Å². The lowest BCUT2D eigenvalue weighted by Gasteiger charge is -2.02. The van der Waals surface area contributed by atoms with E-state index in [2.05, 4.69) is 9.92 Å². The van der Waals surface area contributed by atoms with E-state index < -0.39 is 16.2 Å². The average Bonchev–Trinajstić information content (AvgIpc) is 2.02. The van der Waals surface area contributed by atoms with E-state index >= 15 is 0 Å². The Morgan fingerprint density at radius 2 is 1.67 bits per heavy atom. The quantitative estimate of drug-likeness (QED) is 0.575. The van der Waals surface area contributed by atoms with Gasteiger partial charge in [-0.3, -0.25) is 0 Å². The number of nitrogens with two attached hydrogens (primary N) is 2. The summed E-state index contributed by atoms with van der Waals surface area (Å²) in [5, 5.41) is 0. The van der Waals surface area contributed by atoms with Crippen molar-refractivity contribution < 1.29 is 17.4 Å². The first kappa shape index (κ1) is 13.2. The number of carbonyl (C=O) groups is 1. The van der Waals surface area contributed by atoms with E-state index in [0.29, 0.717) is 5.69 Å². The predicted molar refractivity (Wildman–Crippen MR) is 55.4 cm³/mol. The Morgan fingerprint density at radius 3 is 2.07 bits per heavy atom. The fourth-order valence-corrected chi connectivity index (χ4v) is 1.57. The van der Waals surface area contributed by atoms with Crippen LogP contribution in [0.3, 0.4) is 0 Å². The minimum absolute atomic E-state index is 0. The van der Waals surface area contributed by atoms with Gasteiger partial charge in [0.15, 0.2) is 0 Å². The molecular weight excluding hydrogens is 220 g/mol. The van der Waals surface area contributed by atoms with E-state index in [1.54, 1.807) is 0 Å². The van der Waals surface area contributed by atoms with Crippen LogP contribution in [0.1, 0.15) is 7.43 Å². The van der Waals surface area contributed by atoms with Crippen molar-refractivity contribution in [2.45, 2.75) is 12.3 Å². The molecule has 0 heterocycles. The standard InChI is InChI=1S/C7H8N2O4S.CH4/c8-5-1-3-6(4-2-5)14(11,12)13-7(9)10;/h1-4H,8H2,(H2,9,10);1H4. The fourth-order valence-electron chi connectivity index (χ4n) is 0.791. The minimum Gasteiger partial charge on any atom is -0.399 e. The van der Waals surface area contributed by atoms with Crippen LogP contribution in [0.15, 0.2) is 29.2 Å². The summed E-state index contributed by atoms with van der Waals surface area (Å²) in [4.78, 5) is 10.1. The highest BCUT2D eigenvalue weighted by Crippen LogP contribution is 2.13. The number of nitrogen functional groups attached to an aromatic ring is 1. The molecule has 0 aromatic heterocycles. The maximum Gasteiger partial charge on any atom is 0.420 e. The highest BCUT2D eigenvalue weighted by atomic mass is 32.2. The number of primary amides is 1. The molecule has 0 fully saturated rings. The van der Waals surface area contributed by atoms with Gasteiger partial charge in [-0.05, 0) is 24.3 Å². The molecule has 4 N–H and O–H groups in total. The van der Waals surface area contributed by atoms with Gasteiger partial charge in [0.05, 0.1) is 0 Å². The molecule has 1 aromatic carbocycles. The normalized spacial score (nSPS) is 10.1. The predicted octanol–water partition coefficient (Wildman–Crippen LogP) is 0.689. The molecule has 84 valence electrons. The van der Waals surface area contributed by atoms with E-state index in [4.69, 9.17) is 5.73 Å². The SMILES string of the molecule is C.NC(=O)OS(=O)(=O)c1ccc(N)cc1. The number of hydrogen-bond donors (Lipinski definition) is 2. The van der Waals surface area contributed by atoms with Crippen molar-refractivity contribution in [2.24, 2.45) is 5.73 Å². The van der Waals surface area contributed by atoms with E-state index in [-0.39, 0.29) is 12.3 Å². The zero-order valence-electron chi connectivity index (χ0n) is 7.01. The van der Waals surface area contributed by atoms with E-state index in [9.17, 15) is 13.2 Å². The third kappa shape index (κ3) is 3.47. The van der Waals surface area contributed by atoms with Gasteiger partial charge in [-0.1, -0.05) is 7.43 Å². The van der Waals surface area contributed by atoms with Crippen LogP contribution < -0.4 is 11.5 Å². The Morgan fingerprint density at radius 1 is 1.20 bits per heavy atom. The summed E-state index contributed by atoms with van der Waals surface area (Å²) in [6, 6.07) is 5.18. The van der Waals surface area contributed by atoms with Gasteiger partial charge < -0.3 is 15.7 Å². The van der Waals surface area contributed by atoms with Crippen molar-refractivity contribution in [3.63, 3.8) is 0 Å². The van der Waals surface area contributed by atoms with Gasteiger partial charge in [-0.25, -0.2) is 4.79 Å². The van der Waals surface area contributed by atoms with Crippen molar-refractivity contribution in [3.05, 3.63) is 24.3 Å². The van der Waals surface area contributed by atoms with Crippen LogP contribution in [-0.2, 0) is 14.3 Å². The van der Waals surface area contributed by atoms with Gasteiger partial charge in [0.2, 0.25) is 0 Å². The van der Waals surface area contributed by atoms with Gasteiger partial charge in [0, 0.05) is 5.69 Å². The second-order valence-electron chi connectivity index (χ2n) is 2.43. The van der Waals surface area contributed by atoms with E-state index in [1.165, 1.54) is 24.3 Å². The molecule has 15 heavy (non-hydrogen) atoms. The number of amides is 1. The number of rotatable bonds is 2. The second kappa shape index (κ2) is 4.65. The first-order valence-corrected chi connectivity index (χ1v) is 4.92. The summed E-state index contributed by atoms with van der Waals surface area (Å²) >= 11 is 0. The molecule has 1 amide bonds. The van der Waals surface area contributed by atoms with E-state index in [1.807, 2.05) is 0 Å². The van der Waals surface area contributed by atoms with Gasteiger partial charge in [-0.2, -0.15) is 8.42 Å². The van der Waals surface area contributed by atoms with Crippen molar-refractivity contribution in [3.8, 4) is 0 Å². The van der Waals surface area contributed by atoms with Gasteiger partial charge >= 0.3 is 16.2 Å². The first-order valence-electron chi connectivity index (χ1n) is 3.51. The first-order chi connectivity index (χ1) is 6.42. The number of hydrogen-bond acceptors (Lipinski definition) is 5. The highest BCUT2D eigenvalue weighted by Gasteiger charge is 2.17. The third-order valence-electron chi connectivity index (χ3n) is 1.36. The van der Waals surface area contributed by atoms with Crippen LogP contribution in [0.4, 0.5) is 10.5 Å². The van der Waals surface area contributed by atoms with Crippen molar-refractivity contribution in [1.82, 2.24) is 0 Å². The largest absolute Gasteiger partial charge is 0.420 e. The molecule has 0 unspecified atom stereocenters. The Kier molecular flexibility index (Phi) is 4.10. The second-order valence-corrected chi connectivity index (χ2v) is 3.97. The van der Waals surface area contributed by atoms with Crippen LogP contribution in [0, 0.1) is 0 Å². The fraction of sp³-hybridized carbons (Fsp3) is 0.125. The smallest absolute Gasteiger partial charge is 0.399 e. The number of anilines is 1. The van der Waals surface area contributed by atoms with E-state index in [0.717, 1.165) is 0 Å². The molecule has 0 bridgehead atoms. The Hall–Kier alpha value is -1.76. The zero-order valence-corrected chi connectivity index (χ0v) is 7.82. The van der Waals surface area contributed by atoms with Crippen LogP contribution in [0.2, 0.25) is 0 Å². The maximum atomic E-state index is 11.2. The summed E-state index contributed by atoms with van der Waals surface area (Å²) in [7, 11) is -4.11. The van der Waals surface area contributed by atoms with Gasteiger partial charge in [0.1, 0.15) is 4.90 Å². The lowest BCUT2D eigenvalue weighted by atomic mass is 10.3. The topological polar surface area (TPSA) is 112 Å². The Balaban J connectivity index is 0.00000196. The van der Waals surface area contributed by atoms with Crippen molar-refractivity contribution in [2.75, 3.05) is 5.73 Å². The van der Waals surface area contributed by atoms with Crippen LogP contribution in [0.5, 0.6) is 0 Å². The lowest BCUT2D eigenvalue weighted by Crippen LogP contribution is -2.18. The molecule has 0 radical (unpaired) electrons. The summed E-state index contributed by atoms with van der Waals surface area (Å²) < 4.78 is 26.3. The molecule has 0 atom stereocenters. The molecule has 0 aliphatic rings. The Bertz CT molecular complexity index is 438. The van der Waals surface area contributed by atoms with Crippen LogP contribution in [-0.4, -0.2) is 14.5 Å². The highest BCUT2D eigenvalue weighted by molar-refractivity contribution is 7.87. The summed E-state index contributed by atoms with van der Waals surface area (Å²) in [6.07, 6.45) is -1.37. The molecule has 1 rings (SSSR count). The maximum absolute atomic E-state index is 11.2. The Labute approximate surface area is 88.0 Å². The summed E-state index contributed by atoms with van der Waals surface area (Å²) in [6.45, 7) is 0. The third-order valence-corrected chi connectivity index (χ3v) is 2.59. The molecule has 0 saturated heterocycles. The number of benzene rings is 1. The van der Waals surface area contributed by atoms with Crippen molar-refractivity contribution >= 4 is 21.9 Å². The zero-order chi connectivity index (χ0) is 10.8. The molecule has 0 aliphatic carbocycles. The summed E-state index contributed by atoms with van der Waals surface area (Å²) in [5.41, 5.74) is 10.3.